The van der Waals surface area contributed by atoms with E-state index in [1.165, 1.54) is 11.1 Å². The summed E-state index contributed by atoms with van der Waals surface area (Å²) in [6.45, 7) is 3.08. The average Bonchev–Trinajstić information content (AvgIpc) is 2.59. The van der Waals surface area contributed by atoms with Crippen molar-refractivity contribution in [3.8, 4) is 11.5 Å². The lowest BCUT2D eigenvalue weighted by Crippen LogP contribution is -2.48. The normalized spacial score (nSPS) is 25.6. The molecule has 2 heterocycles. The molecule has 2 aliphatic heterocycles. The number of carboxylic acid groups (broad SMARTS) is 1. The van der Waals surface area contributed by atoms with Crippen molar-refractivity contribution in [3.63, 3.8) is 0 Å². The van der Waals surface area contributed by atoms with Gasteiger partial charge in [0.2, 0.25) is 0 Å². The minimum Gasteiger partial charge on any atom is -0.493 e. The quantitative estimate of drug-likeness (QED) is 0.881. The molecule has 3 rings (SSSR count). The zero-order valence-corrected chi connectivity index (χ0v) is 14.9. The fourth-order valence-electron chi connectivity index (χ4n) is 4.34. The molecule has 1 fully saturated rings. The highest BCUT2D eigenvalue weighted by Crippen LogP contribution is 2.45. The second-order valence-corrected chi connectivity index (χ2v) is 6.98. The lowest BCUT2D eigenvalue weighted by atomic mass is 9.74. The highest BCUT2D eigenvalue weighted by atomic mass is 16.5. The number of nitrogens with zero attached hydrogens (tertiary/aromatic N) is 1. The van der Waals surface area contributed by atoms with E-state index in [0.29, 0.717) is 24.5 Å². The Balaban J connectivity index is 1.95. The first-order valence-corrected chi connectivity index (χ1v) is 8.65. The van der Waals surface area contributed by atoms with Gasteiger partial charge in [-0.25, -0.2) is 0 Å². The van der Waals surface area contributed by atoms with Gasteiger partial charge in [-0.1, -0.05) is 0 Å². The predicted molar refractivity (Wildman–Crippen MR) is 92.1 cm³/mol. The van der Waals surface area contributed by atoms with Crippen LogP contribution in [0.4, 0.5) is 0 Å². The first-order valence-electron chi connectivity index (χ1n) is 8.65. The molecule has 2 aliphatic rings. The number of piperidine rings is 1. The fourth-order valence-corrected chi connectivity index (χ4v) is 4.34. The Morgan fingerprint density at radius 3 is 2.52 bits per heavy atom. The third-order valence-corrected chi connectivity index (χ3v) is 5.60. The van der Waals surface area contributed by atoms with Crippen LogP contribution in [-0.2, 0) is 16.0 Å². The molecule has 136 valence electrons. The number of ether oxygens (including phenoxy) is 2. The molecule has 0 aromatic heterocycles. The Hall–Kier alpha value is -2.08. The van der Waals surface area contributed by atoms with Gasteiger partial charge in [-0.3, -0.25) is 14.5 Å². The van der Waals surface area contributed by atoms with Gasteiger partial charge in [-0.15, -0.1) is 0 Å². The number of fused-ring (bicyclic) bond motifs is 3. The highest BCUT2D eigenvalue weighted by molar-refractivity contribution is 5.80. The maximum absolute atomic E-state index is 12.0. The standard InChI is InChI=1S/C19H25NO5/c1-11(21)15-10-20-5-4-12-7-17(24-2)18(25-3)9-14(12)16(20)6-13(15)8-19(22)23/h7,9,13,15-16H,4-6,8,10H2,1-3H3,(H,22,23)/t13-,15-,16+/m1/s1. The van der Waals surface area contributed by atoms with Crippen molar-refractivity contribution in [1.82, 2.24) is 4.90 Å². The molecule has 6 heteroatoms. The molecular formula is C19H25NO5. The number of carbonyl (C=O) groups excluding carboxylic acids is 1. The van der Waals surface area contributed by atoms with Crippen molar-refractivity contribution in [2.45, 2.75) is 32.2 Å². The lowest BCUT2D eigenvalue weighted by molar-refractivity contribution is -0.140. The molecule has 0 saturated carbocycles. The van der Waals surface area contributed by atoms with Crippen molar-refractivity contribution in [3.05, 3.63) is 23.3 Å². The smallest absolute Gasteiger partial charge is 0.303 e. The zero-order valence-electron chi connectivity index (χ0n) is 14.9. The zero-order chi connectivity index (χ0) is 18.1. The number of hydrogen-bond donors (Lipinski definition) is 1. The average molecular weight is 347 g/mol. The van der Waals surface area contributed by atoms with E-state index in [2.05, 4.69) is 4.90 Å². The van der Waals surface area contributed by atoms with Gasteiger partial charge in [-0.2, -0.15) is 0 Å². The molecule has 0 radical (unpaired) electrons. The minimum absolute atomic E-state index is 0.0389. The molecule has 3 atom stereocenters. The third-order valence-electron chi connectivity index (χ3n) is 5.60. The van der Waals surface area contributed by atoms with Gasteiger partial charge in [0.15, 0.2) is 11.5 Å². The second-order valence-electron chi connectivity index (χ2n) is 6.98. The molecule has 25 heavy (non-hydrogen) atoms. The summed E-state index contributed by atoms with van der Waals surface area (Å²) in [5.41, 5.74) is 2.38. The van der Waals surface area contributed by atoms with Crippen molar-refractivity contribution >= 4 is 11.8 Å². The van der Waals surface area contributed by atoms with E-state index in [0.717, 1.165) is 13.0 Å². The molecule has 1 aromatic carbocycles. The third kappa shape index (κ3) is 3.35. The minimum atomic E-state index is -0.840. The van der Waals surface area contributed by atoms with Crippen LogP contribution in [0.3, 0.4) is 0 Å². The summed E-state index contributed by atoms with van der Waals surface area (Å²) in [6, 6.07) is 4.16. The first-order chi connectivity index (χ1) is 11.9. The summed E-state index contributed by atoms with van der Waals surface area (Å²) in [7, 11) is 3.24. The summed E-state index contributed by atoms with van der Waals surface area (Å²) < 4.78 is 10.8. The van der Waals surface area contributed by atoms with E-state index in [-0.39, 0.29) is 30.1 Å². The highest BCUT2D eigenvalue weighted by Gasteiger charge is 2.41. The maximum Gasteiger partial charge on any atom is 0.303 e. The van der Waals surface area contributed by atoms with Crippen LogP contribution >= 0.6 is 0 Å². The Bertz CT molecular complexity index is 687. The first kappa shape index (κ1) is 17.7. The number of aliphatic carboxylic acids is 1. The van der Waals surface area contributed by atoms with E-state index in [1.807, 2.05) is 12.1 Å². The van der Waals surface area contributed by atoms with Crippen molar-refractivity contribution in [1.29, 1.82) is 0 Å². The van der Waals surface area contributed by atoms with Crippen LogP contribution in [0.5, 0.6) is 11.5 Å². The summed E-state index contributed by atoms with van der Waals surface area (Å²) in [6.07, 6.45) is 1.61. The van der Waals surface area contributed by atoms with E-state index in [4.69, 9.17) is 9.47 Å². The molecule has 0 aliphatic carbocycles. The number of hydrogen-bond acceptors (Lipinski definition) is 5. The Labute approximate surface area is 147 Å². The number of methoxy groups -OCH3 is 2. The summed E-state index contributed by atoms with van der Waals surface area (Å²) in [5, 5.41) is 9.25. The van der Waals surface area contributed by atoms with E-state index < -0.39 is 5.97 Å². The van der Waals surface area contributed by atoms with Gasteiger partial charge in [-0.05, 0) is 48.9 Å². The van der Waals surface area contributed by atoms with Crippen LogP contribution < -0.4 is 9.47 Å². The number of carboxylic acids is 1. The van der Waals surface area contributed by atoms with Gasteiger partial charge >= 0.3 is 5.97 Å². The van der Waals surface area contributed by atoms with Crippen LogP contribution in [0.1, 0.15) is 36.9 Å². The molecular weight excluding hydrogens is 322 g/mol. The van der Waals surface area contributed by atoms with Crippen LogP contribution in [-0.4, -0.2) is 49.1 Å². The van der Waals surface area contributed by atoms with E-state index in [1.54, 1.807) is 21.1 Å². The predicted octanol–water partition coefficient (Wildman–Crippen LogP) is 2.30. The van der Waals surface area contributed by atoms with E-state index >= 15 is 0 Å². The molecule has 0 unspecified atom stereocenters. The second kappa shape index (κ2) is 7.04. The maximum atomic E-state index is 12.0. The van der Waals surface area contributed by atoms with Gasteiger partial charge in [0, 0.05) is 31.5 Å². The van der Waals surface area contributed by atoms with Crippen molar-refractivity contribution in [2.75, 3.05) is 27.3 Å². The number of ketones is 1. The molecule has 0 spiro atoms. The van der Waals surface area contributed by atoms with Crippen LogP contribution in [0.25, 0.3) is 0 Å². The van der Waals surface area contributed by atoms with Crippen LogP contribution in [0.2, 0.25) is 0 Å². The molecule has 0 bridgehead atoms. The van der Waals surface area contributed by atoms with Crippen molar-refractivity contribution in [2.24, 2.45) is 11.8 Å². The number of benzene rings is 1. The summed E-state index contributed by atoms with van der Waals surface area (Å²) in [4.78, 5) is 25.6. The van der Waals surface area contributed by atoms with Crippen molar-refractivity contribution < 1.29 is 24.2 Å². The molecule has 6 nitrogen and oxygen atoms in total. The lowest BCUT2D eigenvalue weighted by Gasteiger charge is -2.46. The Morgan fingerprint density at radius 1 is 1.24 bits per heavy atom. The van der Waals surface area contributed by atoms with Gasteiger partial charge < -0.3 is 14.6 Å². The number of Topliss-reactive ketones (excluding diaryl/α,β-unsaturated/α-hetero) is 1. The SMILES string of the molecule is COc1cc2c(cc1OC)[C@@H]1C[C@H](CC(=O)O)[C@@H](C(C)=O)CN1CC2. The van der Waals surface area contributed by atoms with Gasteiger partial charge in [0.1, 0.15) is 5.78 Å². The molecule has 1 saturated heterocycles. The largest absolute Gasteiger partial charge is 0.493 e. The number of carbonyl (C=O) groups is 2. The van der Waals surface area contributed by atoms with Crippen LogP contribution in [0, 0.1) is 11.8 Å². The summed E-state index contributed by atoms with van der Waals surface area (Å²) in [5.74, 6) is 0.320. The van der Waals surface area contributed by atoms with Gasteiger partial charge in [0.05, 0.1) is 14.2 Å². The molecule has 0 amide bonds. The Morgan fingerprint density at radius 2 is 1.92 bits per heavy atom. The number of rotatable bonds is 5. The van der Waals surface area contributed by atoms with Crippen LogP contribution in [0.15, 0.2) is 12.1 Å². The molecule has 1 N–H and O–H groups in total. The topological polar surface area (TPSA) is 76.1 Å². The van der Waals surface area contributed by atoms with Gasteiger partial charge in [0.25, 0.3) is 0 Å². The summed E-state index contributed by atoms with van der Waals surface area (Å²) >= 11 is 0. The fraction of sp³-hybridized carbons (Fsp3) is 0.579. The van der Waals surface area contributed by atoms with E-state index in [9.17, 15) is 14.7 Å². The monoisotopic (exact) mass is 347 g/mol. The molecule has 1 aromatic rings. The Kier molecular flexibility index (Phi) is 4.99.